The third kappa shape index (κ3) is 5.00. The molecule has 2 aromatic carbocycles. The average molecular weight is 532 g/mol. The Labute approximate surface area is 219 Å². The van der Waals surface area contributed by atoms with Crippen molar-refractivity contribution in [2.24, 2.45) is 0 Å². The molecule has 1 N–H and O–H groups in total. The van der Waals surface area contributed by atoms with Crippen LogP contribution in [0.15, 0.2) is 84.1 Å². The van der Waals surface area contributed by atoms with Gasteiger partial charge in [-0.2, -0.15) is 0 Å². The van der Waals surface area contributed by atoms with Crippen LogP contribution in [0, 0.1) is 0 Å². The van der Waals surface area contributed by atoms with E-state index in [9.17, 15) is 18.0 Å². The SMILES string of the molecule is COc1cc(C(=O)N2CCN(C(=O)c3cccnc3)CC2)ccc1NS(=O)(=O)c1cccc2cccnc12. The number of fused-ring (bicyclic) bond motifs is 1. The maximum atomic E-state index is 13.2. The molecular formula is C27H25N5O5S. The molecule has 4 aromatic rings. The Hall–Kier alpha value is -4.51. The first-order valence-corrected chi connectivity index (χ1v) is 13.4. The molecule has 0 unspecified atom stereocenters. The summed E-state index contributed by atoms with van der Waals surface area (Å²) in [5.74, 6) is -0.146. The number of hydrogen-bond donors (Lipinski definition) is 1. The number of rotatable bonds is 6. The maximum absolute atomic E-state index is 13.2. The second-order valence-electron chi connectivity index (χ2n) is 8.68. The zero-order valence-electron chi connectivity index (χ0n) is 20.6. The first kappa shape index (κ1) is 25.2. The molecule has 11 heteroatoms. The summed E-state index contributed by atoms with van der Waals surface area (Å²) in [7, 11) is -2.59. The lowest BCUT2D eigenvalue weighted by atomic mass is 10.1. The number of piperazine rings is 1. The van der Waals surface area contributed by atoms with Crippen molar-refractivity contribution in [1.82, 2.24) is 19.8 Å². The molecule has 0 atom stereocenters. The van der Waals surface area contributed by atoms with Crippen LogP contribution in [0.3, 0.4) is 0 Å². The lowest BCUT2D eigenvalue weighted by molar-refractivity contribution is 0.0535. The highest BCUT2D eigenvalue weighted by atomic mass is 32.2. The Kier molecular flexibility index (Phi) is 6.93. The van der Waals surface area contributed by atoms with Gasteiger partial charge in [0.1, 0.15) is 10.6 Å². The molecule has 2 aromatic heterocycles. The molecule has 10 nitrogen and oxygen atoms in total. The number of anilines is 1. The van der Waals surface area contributed by atoms with Crippen molar-refractivity contribution in [3.63, 3.8) is 0 Å². The van der Waals surface area contributed by atoms with Crippen molar-refractivity contribution in [2.45, 2.75) is 4.90 Å². The third-order valence-electron chi connectivity index (χ3n) is 6.34. The van der Waals surface area contributed by atoms with Gasteiger partial charge in [-0.05, 0) is 42.5 Å². The van der Waals surface area contributed by atoms with Crippen LogP contribution in [-0.4, -0.2) is 73.3 Å². The van der Waals surface area contributed by atoms with Crippen LogP contribution in [0.5, 0.6) is 5.75 Å². The highest BCUT2D eigenvalue weighted by Gasteiger charge is 2.27. The summed E-state index contributed by atoms with van der Waals surface area (Å²) in [6.07, 6.45) is 4.67. The van der Waals surface area contributed by atoms with E-state index in [1.165, 1.54) is 37.7 Å². The number of carbonyl (C=O) groups excluding carboxylic acids is 2. The molecule has 1 saturated heterocycles. The number of aromatic nitrogens is 2. The van der Waals surface area contributed by atoms with Gasteiger partial charge in [0.2, 0.25) is 0 Å². The van der Waals surface area contributed by atoms with E-state index in [1.54, 1.807) is 58.5 Å². The van der Waals surface area contributed by atoms with Crippen molar-refractivity contribution in [3.05, 3.63) is 90.4 Å². The molecule has 5 rings (SSSR count). The fraction of sp³-hybridized carbons (Fsp3) is 0.185. The van der Waals surface area contributed by atoms with Gasteiger partial charge >= 0.3 is 0 Å². The first-order valence-electron chi connectivity index (χ1n) is 11.9. The predicted octanol–water partition coefficient (Wildman–Crippen LogP) is 3.04. The average Bonchev–Trinajstić information content (AvgIpc) is 2.96. The minimum atomic E-state index is -3.99. The summed E-state index contributed by atoms with van der Waals surface area (Å²) in [5.41, 5.74) is 1.41. The molecule has 38 heavy (non-hydrogen) atoms. The van der Waals surface area contributed by atoms with Crippen LogP contribution in [0.25, 0.3) is 10.9 Å². The highest BCUT2D eigenvalue weighted by molar-refractivity contribution is 7.93. The number of nitrogens with one attached hydrogen (secondary N) is 1. The molecule has 0 spiro atoms. The van der Waals surface area contributed by atoms with E-state index < -0.39 is 10.0 Å². The van der Waals surface area contributed by atoms with Crippen molar-refractivity contribution in [1.29, 1.82) is 0 Å². The normalized spacial score (nSPS) is 13.8. The zero-order chi connectivity index (χ0) is 26.7. The maximum Gasteiger partial charge on any atom is 0.264 e. The van der Waals surface area contributed by atoms with Gasteiger partial charge in [0, 0.05) is 55.7 Å². The molecule has 0 saturated carbocycles. The van der Waals surface area contributed by atoms with Gasteiger partial charge in [-0.25, -0.2) is 8.42 Å². The van der Waals surface area contributed by atoms with Gasteiger partial charge in [0.25, 0.3) is 21.8 Å². The van der Waals surface area contributed by atoms with Gasteiger partial charge in [0.05, 0.1) is 23.9 Å². The Morgan fingerprint density at radius 2 is 1.55 bits per heavy atom. The van der Waals surface area contributed by atoms with E-state index in [2.05, 4.69) is 14.7 Å². The molecule has 0 radical (unpaired) electrons. The van der Waals surface area contributed by atoms with Gasteiger partial charge in [0.15, 0.2) is 0 Å². The van der Waals surface area contributed by atoms with E-state index in [4.69, 9.17) is 4.74 Å². The summed E-state index contributed by atoms with van der Waals surface area (Å²) < 4.78 is 34.4. The van der Waals surface area contributed by atoms with Crippen LogP contribution >= 0.6 is 0 Å². The molecule has 1 aliphatic heterocycles. The number of ether oxygens (including phenoxy) is 1. The summed E-state index contributed by atoms with van der Waals surface area (Å²) in [6, 6.07) is 16.4. The standard InChI is InChI=1S/C27H25N5O5S/c1-37-23-17-20(26(33)31-13-15-32(16-14-31)27(34)21-7-3-11-28-18-21)9-10-22(23)30-38(35,36)24-8-2-5-19-6-4-12-29-25(19)24/h2-12,17-18,30H,13-16H2,1H3. The van der Waals surface area contributed by atoms with Gasteiger partial charge < -0.3 is 14.5 Å². The Morgan fingerprint density at radius 1 is 0.868 bits per heavy atom. The van der Waals surface area contributed by atoms with Crippen LogP contribution in [0.2, 0.25) is 0 Å². The molecule has 0 bridgehead atoms. The van der Waals surface area contributed by atoms with Gasteiger partial charge in [-0.1, -0.05) is 18.2 Å². The highest BCUT2D eigenvalue weighted by Crippen LogP contribution is 2.30. The molecule has 3 heterocycles. The Morgan fingerprint density at radius 3 is 2.24 bits per heavy atom. The Balaban J connectivity index is 1.30. The monoisotopic (exact) mass is 531 g/mol. The van der Waals surface area contributed by atoms with Crippen LogP contribution in [-0.2, 0) is 10.0 Å². The molecule has 1 aliphatic rings. The van der Waals surface area contributed by atoms with Crippen molar-refractivity contribution >= 4 is 38.4 Å². The lowest BCUT2D eigenvalue weighted by Gasteiger charge is -2.34. The number of amides is 2. The number of sulfonamides is 1. The first-order chi connectivity index (χ1) is 18.4. The summed E-state index contributed by atoms with van der Waals surface area (Å²) in [5, 5.41) is 0.700. The van der Waals surface area contributed by atoms with Gasteiger partial charge in [-0.15, -0.1) is 0 Å². The minimum Gasteiger partial charge on any atom is -0.495 e. The van der Waals surface area contributed by atoms with E-state index in [0.29, 0.717) is 48.2 Å². The van der Waals surface area contributed by atoms with Crippen molar-refractivity contribution < 1.29 is 22.7 Å². The van der Waals surface area contributed by atoms with E-state index in [-0.39, 0.29) is 28.1 Å². The largest absolute Gasteiger partial charge is 0.495 e. The van der Waals surface area contributed by atoms with Crippen molar-refractivity contribution in [3.8, 4) is 5.75 Å². The number of para-hydroxylation sites is 1. The van der Waals surface area contributed by atoms with E-state index >= 15 is 0 Å². The molecule has 1 fully saturated rings. The summed E-state index contributed by atoms with van der Waals surface area (Å²) in [4.78, 5) is 37.5. The number of benzene rings is 2. The van der Waals surface area contributed by atoms with Gasteiger partial charge in [-0.3, -0.25) is 24.3 Å². The second kappa shape index (κ2) is 10.5. The fourth-order valence-electron chi connectivity index (χ4n) is 4.37. The zero-order valence-corrected chi connectivity index (χ0v) is 21.4. The Bertz CT molecular complexity index is 1600. The van der Waals surface area contributed by atoms with E-state index in [0.717, 1.165) is 0 Å². The molecule has 194 valence electrons. The van der Waals surface area contributed by atoms with Crippen LogP contribution in [0.4, 0.5) is 5.69 Å². The number of pyridine rings is 2. The third-order valence-corrected chi connectivity index (χ3v) is 7.74. The number of carbonyl (C=O) groups is 2. The molecular weight excluding hydrogens is 506 g/mol. The number of nitrogens with zero attached hydrogens (tertiary/aromatic N) is 4. The number of methoxy groups -OCH3 is 1. The van der Waals surface area contributed by atoms with Crippen LogP contribution < -0.4 is 9.46 Å². The molecule has 2 amide bonds. The van der Waals surface area contributed by atoms with Crippen molar-refractivity contribution in [2.75, 3.05) is 38.0 Å². The second-order valence-corrected chi connectivity index (χ2v) is 10.3. The quantitative estimate of drug-likeness (QED) is 0.406. The minimum absolute atomic E-state index is 0.0384. The number of hydrogen-bond acceptors (Lipinski definition) is 7. The predicted molar refractivity (Wildman–Crippen MR) is 142 cm³/mol. The van der Waals surface area contributed by atoms with Crippen LogP contribution in [0.1, 0.15) is 20.7 Å². The summed E-state index contributed by atoms with van der Waals surface area (Å²) in [6.45, 7) is 1.53. The fourth-order valence-corrected chi connectivity index (χ4v) is 5.62. The summed E-state index contributed by atoms with van der Waals surface area (Å²) >= 11 is 0. The molecule has 0 aliphatic carbocycles. The lowest BCUT2D eigenvalue weighted by Crippen LogP contribution is -2.50. The topological polar surface area (TPSA) is 122 Å². The van der Waals surface area contributed by atoms with E-state index in [1.807, 2.05) is 0 Å². The smallest absolute Gasteiger partial charge is 0.264 e.